The van der Waals surface area contributed by atoms with Crippen molar-refractivity contribution in [2.75, 3.05) is 0 Å². The number of ether oxygens (including phenoxy) is 1. The fourth-order valence-electron chi connectivity index (χ4n) is 1.72. The molecule has 0 saturated carbocycles. The van der Waals surface area contributed by atoms with Gasteiger partial charge in [-0.3, -0.25) is 0 Å². The molecular formula is C16H17BrFNO. The summed E-state index contributed by atoms with van der Waals surface area (Å²) in [5, 5.41) is 3.35. The molecule has 106 valence electrons. The van der Waals surface area contributed by atoms with Crippen molar-refractivity contribution >= 4 is 15.9 Å². The highest BCUT2D eigenvalue weighted by Crippen LogP contribution is 2.30. The monoisotopic (exact) mass is 337 g/mol. The second-order valence-corrected chi connectivity index (χ2v) is 5.71. The summed E-state index contributed by atoms with van der Waals surface area (Å²) in [5.41, 5.74) is 1.16. The van der Waals surface area contributed by atoms with Crippen molar-refractivity contribution in [3.63, 3.8) is 0 Å². The van der Waals surface area contributed by atoms with E-state index < -0.39 is 0 Å². The van der Waals surface area contributed by atoms with Crippen LogP contribution in [0, 0.1) is 5.82 Å². The standard InChI is InChI=1S/C16H17BrFNO/c1-11(2)19-10-12-6-7-16(15(17)8-12)20-14-5-3-4-13(18)9-14/h3-9,11,19H,10H2,1-2H3. The molecule has 0 aliphatic heterocycles. The van der Waals surface area contributed by atoms with E-state index in [4.69, 9.17) is 4.74 Å². The van der Waals surface area contributed by atoms with Crippen LogP contribution in [-0.2, 0) is 6.54 Å². The molecule has 0 unspecified atom stereocenters. The Balaban J connectivity index is 2.09. The van der Waals surface area contributed by atoms with Gasteiger partial charge in [0, 0.05) is 18.7 Å². The summed E-state index contributed by atoms with van der Waals surface area (Å²) in [7, 11) is 0. The molecule has 0 amide bonds. The molecule has 0 heterocycles. The molecule has 0 aliphatic carbocycles. The normalized spacial score (nSPS) is 10.8. The van der Waals surface area contributed by atoms with E-state index in [9.17, 15) is 4.39 Å². The summed E-state index contributed by atoms with van der Waals surface area (Å²) in [6.07, 6.45) is 0. The molecule has 0 bridgehead atoms. The Morgan fingerprint density at radius 1 is 1.20 bits per heavy atom. The van der Waals surface area contributed by atoms with Crippen LogP contribution in [0.15, 0.2) is 46.9 Å². The van der Waals surface area contributed by atoms with Crippen molar-refractivity contribution in [3.05, 3.63) is 58.3 Å². The van der Waals surface area contributed by atoms with Crippen molar-refractivity contribution in [2.45, 2.75) is 26.4 Å². The van der Waals surface area contributed by atoms with Crippen molar-refractivity contribution in [2.24, 2.45) is 0 Å². The van der Waals surface area contributed by atoms with Crippen molar-refractivity contribution in [3.8, 4) is 11.5 Å². The molecule has 0 spiro atoms. The number of rotatable bonds is 5. The van der Waals surface area contributed by atoms with Crippen LogP contribution in [0.2, 0.25) is 0 Å². The minimum Gasteiger partial charge on any atom is -0.456 e. The van der Waals surface area contributed by atoms with Crippen molar-refractivity contribution in [1.82, 2.24) is 5.32 Å². The fraction of sp³-hybridized carbons (Fsp3) is 0.250. The van der Waals surface area contributed by atoms with Crippen LogP contribution in [0.4, 0.5) is 4.39 Å². The van der Waals surface area contributed by atoms with E-state index in [0.717, 1.165) is 16.6 Å². The van der Waals surface area contributed by atoms with Crippen LogP contribution < -0.4 is 10.1 Å². The highest BCUT2D eigenvalue weighted by molar-refractivity contribution is 9.10. The highest BCUT2D eigenvalue weighted by Gasteiger charge is 2.05. The largest absolute Gasteiger partial charge is 0.456 e. The number of hydrogen-bond acceptors (Lipinski definition) is 2. The van der Waals surface area contributed by atoms with Crippen LogP contribution >= 0.6 is 15.9 Å². The van der Waals surface area contributed by atoms with Gasteiger partial charge in [0.25, 0.3) is 0 Å². The molecule has 2 rings (SSSR count). The van der Waals surface area contributed by atoms with E-state index in [1.165, 1.54) is 12.1 Å². The third-order valence-corrected chi connectivity index (χ3v) is 3.35. The number of halogens is 2. The smallest absolute Gasteiger partial charge is 0.141 e. The van der Waals surface area contributed by atoms with Gasteiger partial charge in [0.1, 0.15) is 17.3 Å². The molecule has 0 fully saturated rings. The molecule has 2 aromatic rings. The first-order valence-electron chi connectivity index (χ1n) is 6.50. The summed E-state index contributed by atoms with van der Waals surface area (Å²) in [5.74, 6) is 0.846. The van der Waals surface area contributed by atoms with Gasteiger partial charge in [0.2, 0.25) is 0 Å². The first kappa shape index (κ1) is 15.0. The van der Waals surface area contributed by atoms with Gasteiger partial charge >= 0.3 is 0 Å². The van der Waals surface area contributed by atoms with Crippen LogP contribution in [0.5, 0.6) is 11.5 Å². The third-order valence-electron chi connectivity index (χ3n) is 2.73. The predicted molar refractivity (Wildman–Crippen MR) is 82.6 cm³/mol. The minimum absolute atomic E-state index is 0.309. The van der Waals surface area contributed by atoms with Crippen LogP contribution in [0.25, 0.3) is 0 Å². The van der Waals surface area contributed by atoms with Gasteiger partial charge in [-0.05, 0) is 45.8 Å². The molecule has 0 aromatic heterocycles. The highest BCUT2D eigenvalue weighted by atomic mass is 79.9. The Kier molecular flexibility index (Phi) is 5.15. The molecule has 1 N–H and O–H groups in total. The molecule has 2 nitrogen and oxygen atoms in total. The summed E-state index contributed by atoms with van der Waals surface area (Å²) in [6.45, 7) is 5.02. The molecule has 2 aromatic carbocycles. The Morgan fingerprint density at radius 2 is 2.00 bits per heavy atom. The van der Waals surface area contributed by atoms with Gasteiger partial charge in [0.15, 0.2) is 0 Å². The van der Waals surface area contributed by atoms with Crippen molar-refractivity contribution in [1.29, 1.82) is 0 Å². The van der Waals surface area contributed by atoms with E-state index in [2.05, 4.69) is 35.1 Å². The van der Waals surface area contributed by atoms with Crippen molar-refractivity contribution < 1.29 is 9.13 Å². The van der Waals surface area contributed by atoms with E-state index in [1.807, 2.05) is 18.2 Å². The Bertz CT molecular complexity index is 586. The quantitative estimate of drug-likeness (QED) is 0.839. The first-order chi connectivity index (χ1) is 9.54. The zero-order valence-electron chi connectivity index (χ0n) is 11.5. The maximum atomic E-state index is 13.1. The summed E-state index contributed by atoms with van der Waals surface area (Å²) < 4.78 is 19.6. The van der Waals surface area contributed by atoms with Gasteiger partial charge in [-0.25, -0.2) is 4.39 Å². The number of benzene rings is 2. The molecule has 20 heavy (non-hydrogen) atoms. The maximum absolute atomic E-state index is 13.1. The van der Waals surface area contributed by atoms with Gasteiger partial charge in [-0.1, -0.05) is 26.0 Å². The molecule has 0 aliphatic rings. The van der Waals surface area contributed by atoms with E-state index >= 15 is 0 Å². The predicted octanol–water partition coefficient (Wildman–Crippen LogP) is 4.88. The lowest BCUT2D eigenvalue weighted by Crippen LogP contribution is -2.21. The lowest BCUT2D eigenvalue weighted by molar-refractivity contribution is 0.473. The number of hydrogen-bond donors (Lipinski definition) is 1. The minimum atomic E-state index is -0.309. The first-order valence-corrected chi connectivity index (χ1v) is 7.29. The van der Waals surface area contributed by atoms with Gasteiger partial charge < -0.3 is 10.1 Å². The van der Waals surface area contributed by atoms with E-state index in [0.29, 0.717) is 17.5 Å². The Hall–Kier alpha value is -1.39. The van der Waals surface area contributed by atoms with Crippen LogP contribution in [0.3, 0.4) is 0 Å². The average Bonchev–Trinajstić information content (AvgIpc) is 2.39. The Labute approximate surface area is 127 Å². The second-order valence-electron chi connectivity index (χ2n) is 4.86. The zero-order valence-corrected chi connectivity index (χ0v) is 13.1. The molecule has 0 saturated heterocycles. The SMILES string of the molecule is CC(C)NCc1ccc(Oc2cccc(F)c2)c(Br)c1. The summed E-state index contributed by atoms with van der Waals surface area (Å²) in [6, 6.07) is 12.4. The topological polar surface area (TPSA) is 21.3 Å². The lowest BCUT2D eigenvalue weighted by Gasteiger charge is -2.11. The second kappa shape index (κ2) is 6.86. The van der Waals surface area contributed by atoms with E-state index in [1.54, 1.807) is 12.1 Å². The molecular weight excluding hydrogens is 321 g/mol. The molecule has 0 radical (unpaired) electrons. The summed E-state index contributed by atoms with van der Waals surface area (Å²) in [4.78, 5) is 0. The molecule has 0 atom stereocenters. The van der Waals surface area contributed by atoms with Gasteiger partial charge in [0.05, 0.1) is 4.47 Å². The third kappa shape index (κ3) is 4.32. The van der Waals surface area contributed by atoms with Crippen LogP contribution in [0.1, 0.15) is 19.4 Å². The van der Waals surface area contributed by atoms with Gasteiger partial charge in [-0.2, -0.15) is 0 Å². The van der Waals surface area contributed by atoms with Crippen LogP contribution in [-0.4, -0.2) is 6.04 Å². The average molecular weight is 338 g/mol. The Morgan fingerprint density at radius 3 is 2.65 bits per heavy atom. The van der Waals surface area contributed by atoms with E-state index in [-0.39, 0.29) is 5.82 Å². The summed E-state index contributed by atoms with van der Waals surface area (Å²) >= 11 is 3.48. The zero-order chi connectivity index (χ0) is 14.5. The molecule has 4 heteroatoms. The number of nitrogens with one attached hydrogen (secondary N) is 1. The van der Waals surface area contributed by atoms with Gasteiger partial charge in [-0.15, -0.1) is 0 Å². The lowest BCUT2D eigenvalue weighted by atomic mass is 10.2. The fourth-order valence-corrected chi connectivity index (χ4v) is 2.22. The maximum Gasteiger partial charge on any atom is 0.141 e.